The van der Waals surface area contributed by atoms with Crippen molar-refractivity contribution in [3.8, 4) is 17.2 Å². The SMILES string of the molecule is O=C(NNCc1ccc(O)cc1)c1cc(Oc2ccccc2)ccn1. The number of carbonyl (C=O) groups excluding carboxylic acids is 1. The molecule has 1 heterocycles. The van der Waals surface area contributed by atoms with Gasteiger partial charge in [-0.3, -0.25) is 15.2 Å². The van der Waals surface area contributed by atoms with Gasteiger partial charge in [0.1, 0.15) is 22.9 Å². The first-order valence-corrected chi connectivity index (χ1v) is 7.71. The standard InChI is InChI=1S/C19H17N3O3/c23-15-8-6-14(7-9-15)13-21-22-19(24)18-12-17(10-11-20-18)25-16-4-2-1-3-5-16/h1-12,21,23H,13H2,(H,22,24). The molecule has 1 aromatic heterocycles. The van der Waals surface area contributed by atoms with Crippen molar-refractivity contribution in [2.24, 2.45) is 0 Å². The normalized spacial score (nSPS) is 10.2. The van der Waals surface area contributed by atoms with Crippen molar-refractivity contribution in [2.75, 3.05) is 0 Å². The highest BCUT2D eigenvalue weighted by Crippen LogP contribution is 2.20. The third-order valence-electron chi connectivity index (χ3n) is 3.37. The zero-order valence-corrected chi connectivity index (χ0v) is 13.3. The first kappa shape index (κ1) is 16.5. The Morgan fingerprint density at radius 1 is 1.00 bits per heavy atom. The second-order valence-corrected chi connectivity index (χ2v) is 5.27. The Morgan fingerprint density at radius 2 is 1.76 bits per heavy atom. The molecule has 3 N–H and O–H groups in total. The van der Waals surface area contributed by atoms with Gasteiger partial charge in [-0.25, -0.2) is 5.43 Å². The van der Waals surface area contributed by atoms with Gasteiger partial charge < -0.3 is 9.84 Å². The number of benzene rings is 2. The van der Waals surface area contributed by atoms with Gasteiger partial charge in [0.15, 0.2) is 0 Å². The number of carbonyl (C=O) groups is 1. The third-order valence-corrected chi connectivity index (χ3v) is 3.37. The molecule has 3 aromatic rings. The number of aromatic hydroxyl groups is 1. The lowest BCUT2D eigenvalue weighted by Crippen LogP contribution is -2.37. The number of para-hydroxylation sites is 1. The number of nitrogens with zero attached hydrogens (tertiary/aromatic N) is 1. The maximum absolute atomic E-state index is 12.2. The molecule has 25 heavy (non-hydrogen) atoms. The number of nitrogens with one attached hydrogen (secondary N) is 2. The maximum atomic E-state index is 12.2. The van der Waals surface area contributed by atoms with Gasteiger partial charge in [0, 0.05) is 18.8 Å². The third kappa shape index (κ3) is 4.79. The van der Waals surface area contributed by atoms with Crippen LogP contribution in [0, 0.1) is 0 Å². The number of hydrogen-bond donors (Lipinski definition) is 3. The average molecular weight is 335 g/mol. The largest absolute Gasteiger partial charge is 0.508 e. The molecule has 0 radical (unpaired) electrons. The van der Waals surface area contributed by atoms with Crippen LogP contribution in [0.2, 0.25) is 0 Å². The fourth-order valence-electron chi connectivity index (χ4n) is 2.13. The zero-order chi connectivity index (χ0) is 17.5. The number of hydrazine groups is 1. The molecule has 1 amide bonds. The predicted octanol–water partition coefficient (Wildman–Crippen LogP) is 3.01. The van der Waals surface area contributed by atoms with Crippen LogP contribution in [-0.2, 0) is 6.54 Å². The zero-order valence-electron chi connectivity index (χ0n) is 13.3. The van der Waals surface area contributed by atoms with E-state index in [9.17, 15) is 9.90 Å². The van der Waals surface area contributed by atoms with E-state index >= 15 is 0 Å². The fourth-order valence-corrected chi connectivity index (χ4v) is 2.13. The van der Waals surface area contributed by atoms with Crippen molar-refractivity contribution >= 4 is 5.91 Å². The van der Waals surface area contributed by atoms with Gasteiger partial charge in [0.05, 0.1) is 0 Å². The Bertz CT molecular complexity index is 836. The van der Waals surface area contributed by atoms with Gasteiger partial charge in [0.25, 0.3) is 5.91 Å². The van der Waals surface area contributed by atoms with Crippen LogP contribution in [0.3, 0.4) is 0 Å². The quantitative estimate of drug-likeness (QED) is 0.603. The molecule has 0 atom stereocenters. The Labute approximate surface area is 145 Å². The van der Waals surface area contributed by atoms with Crippen LogP contribution in [0.1, 0.15) is 16.1 Å². The molecule has 2 aromatic carbocycles. The Morgan fingerprint density at radius 3 is 2.52 bits per heavy atom. The first-order valence-electron chi connectivity index (χ1n) is 7.71. The molecular weight excluding hydrogens is 318 g/mol. The van der Waals surface area contributed by atoms with Gasteiger partial charge >= 0.3 is 0 Å². The van der Waals surface area contributed by atoms with Crippen LogP contribution in [0.4, 0.5) is 0 Å². The Kier molecular flexibility index (Phi) is 5.23. The minimum Gasteiger partial charge on any atom is -0.508 e. The lowest BCUT2D eigenvalue weighted by molar-refractivity contribution is 0.0927. The molecule has 126 valence electrons. The van der Waals surface area contributed by atoms with Gasteiger partial charge in [-0.1, -0.05) is 30.3 Å². The minimum atomic E-state index is -0.364. The summed E-state index contributed by atoms with van der Waals surface area (Å²) in [7, 11) is 0. The molecule has 0 unspecified atom stereocenters. The van der Waals surface area contributed by atoms with Crippen LogP contribution in [0.5, 0.6) is 17.2 Å². The molecule has 0 saturated heterocycles. The number of ether oxygens (including phenoxy) is 1. The van der Waals surface area contributed by atoms with E-state index in [0.29, 0.717) is 18.0 Å². The van der Waals surface area contributed by atoms with Gasteiger partial charge in [-0.15, -0.1) is 0 Å². The van der Waals surface area contributed by atoms with E-state index < -0.39 is 0 Å². The highest BCUT2D eigenvalue weighted by molar-refractivity contribution is 5.92. The van der Waals surface area contributed by atoms with Gasteiger partial charge in [-0.05, 0) is 35.9 Å². The van der Waals surface area contributed by atoms with E-state index in [4.69, 9.17) is 4.74 Å². The van der Waals surface area contributed by atoms with Crippen LogP contribution in [0.15, 0.2) is 72.9 Å². The van der Waals surface area contributed by atoms with E-state index in [0.717, 1.165) is 5.56 Å². The highest BCUT2D eigenvalue weighted by Gasteiger charge is 2.08. The summed E-state index contributed by atoms with van der Waals surface area (Å²) in [6.07, 6.45) is 1.52. The van der Waals surface area contributed by atoms with Gasteiger partial charge in [0.2, 0.25) is 0 Å². The molecule has 0 saturated carbocycles. The summed E-state index contributed by atoms with van der Waals surface area (Å²) in [6, 6.07) is 19.3. The summed E-state index contributed by atoms with van der Waals surface area (Å²) in [5, 5.41) is 9.24. The molecule has 0 aliphatic rings. The summed E-state index contributed by atoms with van der Waals surface area (Å²) in [5.41, 5.74) is 6.58. The minimum absolute atomic E-state index is 0.201. The van der Waals surface area contributed by atoms with Crippen LogP contribution >= 0.6 is 0 Å². The van der Waals surface area contributed by atoms with Crippen molar-refractivity contribution in [2.45, 2.75) is 6.54 Å². The number of pyridine rings is 1. The van der Waals surface area contributed by atoms with Crippen LogP contribution < -0.4 is 15.6 Å². The Balaban J connectivity index is 1.56. The molecule has 0 spiro atoms. The van der Waals surface area contributed by atoms with Crippen molar-refractivity contribution in [1.29, 1.82) is 0 Å². The van der Waals surface area contributed by atoms with Crippen LogP contribution in [0.25, 0.3) is 0 Å². The predicted molar refractivity (Wildman–Crippen MR) is 93.2 cm³/mol. The fraction of sp³-hybridized carbons (Fsp3) is 0.0526. The van der Waals surface area contributed by atoms with Crippen molar-refractivity contribution in [3.63, 3.8) is 0 Å². The number of amides is 1. The molecule has 0 aliphatic carbocycles. The van der Waals surface area contributed by atoms with E-state index in [1.165, 1.54) is 6.20 Å². The van der Waals surface area contributed by atoms with E-state index in [1.54, 1.807) is 36.4 Å². The molecule has 0 fully saturated rings. The monoisotopic (exact) mass is 335 g/mol. The summed E-state index contributed by atoms with van der Waals surface area (Å²) < 4.78 is 5.69. The number of rotatable bonds is 6. The highest BCUT2D eigenvalue weighted by atomic mass is 16.5. The molecular formula is C19H17N3O3. The van der Waals surface area contributed by atoms with Crippen molar-refractivity contribution < 1.29 is 14.6 Å². The Hall–Kier alpha value is -3.38. The summed E-state index contributed by atoms with van der Waals surface area (Å²) in [5.74, 6) is 1.06. The number of aromatic nitrogens is 1. The molecule has 3 rings (SSSR count). The lowest BCUT2D eigenvalue weighted by atomic mass is 10.2. The summed E-state index contributed by atoms with van der Waals surface area (Å²) >= 11 is 0. The van der Waals surface area contributed by atoms with Crippen molar-refractivity contribution in [1.82, 2.24) is 15.8 Å². The van der Waals surface area contributed by atoms with E-state index in [1.807, 2.05) is 30.3 Å². The number of phenols is 1. The number of phenolic OH excluding ortho intramolecular Hbond substituents is 1. The van der Waals surface area contributed by atoms with E-state index in [2.05, 4.69) is 15.8 Å². The summed E-state index contributed by atoms with van der Waals surface area (Å²) in [6.45, 7) is 0.423. The van der Waals surface area contributed by atoms with Crippen molar-refractivity contribution in [3.05, 3.63) is 84.2 Å². The van der Waals surface area contributed by atoms with Crippen LogP contribution in [-0.4, -0.2) is 16.0 Å². The molecule has 6 heteroatoms. The second-order valence-electron chi connectivity index (χ2n) is 5.27. The maximum Gasteiger partial charge on any atom is 0.284 e. The second kappa shape index (κ2) is 7.94. The summed E-state index contributed by atoms with van der Waals surface area (Å²) in [4.78, 5) is 16.2. The molecule has 0 aliphatic heterocycles. The molecule has 6 nitrogen and oxygen atoms in total. The molecule has 0 bridgehead atoms. The lowest BCUT2D eigenvalue weighted by Gasteiger charge is -2.09. The van der Waals surface area contributed by atoms with E-state index in [-0.39, 0.29) is 17.4 Å². The van der Waals surface area contributed by atoms with Gasteiger partial charge in [-0.2, -0.15) is 0 Å². The smallest absolute Gasteiger partial charge is 0.284 e. The first-order chi connectivity index (χ1) is 12.2. The number of hydrogen-bond acceptors (Lipinski definition) is 5. The average Bonchev–Trinajstić information content (AvgIpc) is 2.64. The topological polar surface area (TPSA) is 83.5 Å².